The van der Waals surface area contributed by atoms with Crippen molar-refractivity contribution in [2.75, 3.05) is 0 Å². The van der Waals surface area contributed by atoms with Crippen LogP contribution in [0, 0.1) is 0 Å². The lowest BCUT2D eigenvalue weighted by molar-refractivity contribution is 0.0974. The average molecular weight is 322 g/mol. The standard InChI is InChI=1S/C20H18O4/c1-11(2)4-3-5-12-6-7-13-14(10-12)20(24)18-16(22)9-8-15(21)17(18)19(13)23/h4,6-10,21-22H,3,5H2,1-2H3. The quantitative estimate of drug-likeness (QED) is 0.568. The molecule has 0 fully saturated rings. The van der Waals surface area contributed by atoms with E-state index in [2.05, 4.69) is 6.08 Å². The van der Waals surface area contributed by atoms with Gasteiger partial charge in [-0.1, -0.05) is 23.8 Å². The lowest BCUT2D eigenvalue weighted by Crippen LogP contribution is -2.21. The molecule has 0 heterocycles. The van der Waals surface area contributed by atoms with E-state index >= 15 is 0 Å². The van der Waals surface area contributed by atoms with Crippen molar-refractivity contribution in [2.45, 2.75) is 26.7 Å². The van der Waals surface area contributed by atoms with E-state index in [1.807, 2.05) is 19.9 Å². The predicted molar refractivity (Wildman–Crippen MR) is 90.8 cm³/mol. The van der Waals surface area contributed by atoms with Gasteiger partial charge in [-0.15, -0.1) is 0 Å². The van der Waals surface area contributed by atoms with Crippen LogP contribution in [0.5, 0.6) is 11.5 Å². The molecule has 0 saturated carbocycles. The van der Waals surface area contributed by atoms with Gasteiger partial charge in [0, 0.05) is 11.1 Å². The number of aromatic hydroxyl groups is 2. The number of rotatable bonds is 3. The molecule has 0 spiro atoms. The predicted octanol–water partition coefficient (Wildman–Crippen LogP) is 3.77. The molecule has 4 nitrogen and oxygen atoms in total. The van der Waals surface area contributed by atoms with Crippen LogP contribution in [-0.2, 0) is 6.42 Å². The first kappa shape index (κ1) is 16.0. The molecular weight excluding hydrogens is 304 g/mol. The Morgan fingerprint density at radius 2 is 1.50 bits per heavy atom. The molecular formula is C20H18O4. The maximum atomic E-state index is 12.7. The lowest BCUT2D eigenvalue weighted by atomic mass is 9.82. The minimum atomic E-state index is -0.441. The van der Waals surface area contributed by atoms with Crippen LogP contribution < -0.4 is 0 Å². The van der Waals surface area contributed by atoms with Crippen molar-refractivity contribution in [1.29, 1.82) is 0 Å². The van der Waals surface area contributed by atoms with E-state index in [-0.39, 0.29) is 33.8 Å². The molecule has 2 aromatic rings. The molecule has 0 aromatic heterocycles. The first-order valence-electron chi connectivity index (χ1n) is 7.80. The van der Waals surface area contributed by atoms with Crippen molar-refractivity contribution in [1.82, 2.24) is 0 Å². The summed E-state index contributed by atoms with van der Waals surface area (Å²) in [5, 5.41) is 19.9. The number of allylic oxidation sites excluding steroid dienone is 2. The van der Waals surface area contributed by atoms with Gasteiger partial charge in [-0.25, -0.2) is 0 Å². The summed E-state index contributed by atoms with van der Waals surface area (Å²) in [6.07, 6.45) is 3.73. The lowest BCUT2D eigenvalue weighted by Gasteiger charge is -2.19. The van der Waals surface area contributed by atoms with E-state index in [4.69, 9.17) is 0 Å². The summed E-state index contributed by atoms with van der Waals surface area (Å²) in [6.45, 7) is 4.06. The second-order valence-electron chi connectivity index (χ2n) is 6.21. The number of hydrogen-bond donors (Lipinski definition) is 2. The topological polar surface area (TPSA) is 74.6 Å². The molecule has 0 saturated heterocycles. The smallest absolute Gasteiger partial charge is 0.198 e. The van der Waals surface area contributed by atoms with Gasteiger partial charge in [-0.2, -0.15) is 0 Å². The molecule has 1 aliphatic rings. The molecule has 122 valence electrons. The first-order chi connectivity index (χ1) is 11.4. The van der Waals surface area contributed by atoms with Crippen LogP contribution >= 0.6 is 0 Å². The fourth-order valence-electron chi connectivity index (χ4n) is 2.97. The van der Waals surface area contributed by atoms with Crippen molar-refractivity contribution in [3.05, 3.63) is 69.8 Å². The molecule has 0 unspecified atom stereocenters. The zero-order valence-corrected chi connectivity index (χ0v) is 13.6. The number of fused-ring (bicyclic) bond motifs is 2. The number of aryl methyl sites for hydroxylation is 1. The highest BCUT2D eigenvalue weighted by Crippen LogP contribution is 2.37. The number of benzene rings is 2. The molecule has 2 N–H and O–H groups in total. The van der Waals surface area contributed by atoms with Gasteiger partial charge in [0.25, 0.3) is 0 Å². The van der Waals surface area contributed by atoms with Crippen molar-refractivity contribution in [3.8, 4) is 11.5 Å². The van der Waals surface area contributed by atoms with Crippen LogP contribution in [0.2, 0.25) is 0 Å². The van der Waals surface area contributed by atoms with E-state index in [9.17, 15) is 19.8 Å². The average Bonchev–Trinajstić information content (AvgIpc) is 2.54. The minimum absolute atomic E-state index is 0.117. The van der Waals surface area contributed by atoms with Gasteiger partial charge < -0.3 is 10.2 Å². The molecule has 0 amide bonds. The summed E-state index contributed by atoms with van der Waals surface area (Å²) in [4.78, 5) is 25.3. The van der Waals surface area contributed by atoms with Crippen LogP contribution in [0.1, 0.15) is 57.7 Å². The zero-order valence-electron chi connectivity index (χ0n) is 13.6. The number of carbonyl (C=O) groups is 2. The fourth-order valence-corrected chi connectivity index (χ4v) is 2.97. The Labute approximate surface area is 140 Å². The molecule has 24 heavy (non-hydrogen) atoms. The molecule has 2 aromatic carbocycles. The first-order valence-corrected chi connectivity index (χ1v) is 7.80. The third-order valence-corrected chi connectivity index (χ3v) is 4.17. The number of phenols is 2. The highest BCUT2D eigenvalue weighted by molar-refractivity contribution is 6.30. The van der Waals surface area contributed by atoms with E-state index < -0.39 is 11.6 Å². The highest BCUT2D eigenvalue weighted by atomic mass is 16.3. The highest BCUT2D eigenvalue weighted by Gasteiger charge is 2.34. The Morgan fingerprint density at radius 3 is 2.08 bits per heavy atom. The van der Waals surface area contributed by atoms with Gasteiger partial charge in [0.1, 0.15) is 11.5 Å². The van der Waals surface area contributed by atoms with E-state index in [0.717, 1.165) is 18.4 Å². The minimum Gasteiger partial charge on any atom is -0.507 e. The maximum absolute atomic E-state index is 12.7. The summed E-state index contributed by atoms with van der Waals surface area (Å²) in [7, 11) is 0. The summed E-state index contributed by atoms with van der Waals surface area (Å²) < 4.78 is 0. The second kappa shape index (κ2) is 5.96. The van der Waals surface area contributed by atoms with Gasteiger partial charge >= 0.3 is 0 Å². The van der Waals surface area contributed by atoms with Crippen molar-refractivity contribution in [2.24, 2.45) is 0 Å². The summed E-state index contributed by atoms with van der Waals surface area (Å²) in [5.74, 6) is -1.46. The summed E-state index contributed by atoms with van der Waals surface area (Å²) >= 11 is 0. The normalized spacial score (nSPS) is 12.6. The largest absolute Gasteiger partial charge is 0.507 e. The van der Waals surface area contributed by atoms with Gasteiger partial charge in [-0.3, -0.25) is 9.59 Å². The number of ketones is 2. The Balaban J connectivity index is 2.05. The van der Waals surface area contributed by atoms with Gasteiger partial charge in [0.05, 0.1) is 11.1 Å². The van der Waals surface area contributed by atoms with Gasteiger partial charge in [-0.05, 0) is 50.5 Å². The molecule has 0 bridgehead atoms. The SMILES string of the molecule is CC(C)=CCCc1ccc2c(c1)C(=O)c1c(O)ccc(O)c1C2=O. The van der Waals surface area contributed by atoms with Gasteiger partial charge in [0.15, 0.2) is 11.6 Å². The molecule has 3 rings (SSSR count). The Kier molecular flexibility index (Phi) is 3.97. The summed E-state index contributed by atoms with van der Waals surface area (Å²) in [5.41, 5.74) is 2.49. The maximum Gasteiger partial charge on any atom is 0.198 e. The van der Waals surface area contributed by atoms with Crippen LogP contribution in [0.4, 0.5) is 0 Å². The van der Waals surface area contributed by atoms with Crippen LogP contribution in [0.25, 0.3) is 0 Å². The third-order valence-electron chi connectivity index (χ3n) is 4.17. The zero-order chi connectivity index (χ0) is 17.4. The monoisotopic (exact) mass is 322 g/mol. The number of carbonyl (C=O) groups excluding carboxylic acids is 2. The third kappa shape index (κ3) is 2.60. The summed E-state index contributed by atoms with van der Waals surface area (Å²) in [6, 6.07) is 7.61. The Bertz CT molecular complexity index is 887. The fraction of sp³-hybridized carbons (Fsp3) is 0.200. The molecule has 4 heteroatoms. The van der Waals surface area contributed by atoms with Crippen LogP contribution in [0.3, 0.4) is 0 Å². The van der Waals surface area contributed by atoms with Crippen molar-refractivity contribution in [3.63, 3.8) is 0 Å². The van der Waals surface area contributed by atoms with Gasteiger partial charge in [0.2, 0.25) is 0 Å². The molecule has 0 radical (unpaired) electrons. The van der Waals surface area contributed by atoms with Crippen molar-refractivity contribution < 1.29 is 19.8 Å². The van der Waals surface area contributed by atoms with E-state index in [1.165, 1.54) is 17.7 Å². The molecule has 0 aliphatic heterocycles. The van der Waals surface area contributed by atoms with E-state index in [0.29, 0.717) is 0 Å². The van der Waals surface area contributed by atoms with E-state index in [1.54, 1.807) is 12.1 Å². The van der Waals surface area contributed by atoms with Crippen molar-refractivity contribution >= 4 is 11.6 Å². The molecule has 0 atom stereocenters. The molecule has 1 aliphatic carbocycles. The number of phenolic OH excluding ortho intramolecular Hbond substituents is 2. The Hall–Kier alpha value is -2.88. The van der Waals surface area contributed by atoms with Crippen LogP contribution in [0.15, 0.2) is 42.0 Å². The second-order valence-corrected chi connectivity index (χ2v) is 6.21. The van der Waals surface area contributed by atoms with Crippen LogP contribution in [-0.4, -0.2) is 21.8 Å². The number of hydrogen-bond acceptors (Lipinski definition) is 4. The Morgan fingerprint density at radius 1 is 0.917 bits per heavy atom.